The van der Waals surface area contributed by atoms with E-state index in [9.17, 15) is 24.1 Å². The summed E-state index contributed by atoms with van der Waals surface area (Å²) in [5.41, 5.74) is -0.570. The number of aromatic nitrogens is 2. The van der Waals surface area contributed by atoms with Gasteiger partial charge in [-0.15, -0.1) is 0 Å². The van der Waals surface area contributed by atoms with Crippen LogP contribution in [0.5, 0.6) is 0 Å². The molecule has 1 N–H and O–H groups in total. The van der Waals surface area contributed by atoms with Crippen LogP contribution in [-0.2, 0) is 16.1 Å². The van der Waals surface area contributed by atoms with Crippen LogP contribution in [-0.4, -0.2) is 39.9 Å². The zero-order valence-electron chi connectivity index (χ0n) is 16.1. The summed E-state index contributed by atoms with van der Waals surface area (Å²) in [6.45, 7) is 0.495. The lowest BCUT2D eigenvalue weighted by atomic mass is 10.2. The van der Waals surface area contributed by atoms with Crippen molar-refractivity contribution in [3.63, 3.8) is 0 Å². The van der Waals surface area contributed by atoms with E-state index < -0.39 is 22.3 Å². The Balaban J connectivity index is 1.82. The summed E-state index contributed by atoms with van der Waals surface area (Å²) in [4.78, 5) is 39.6. The molecule has 0 fully saturated rings. The Hall–Kier alpha value is -3.02. The molecule has 162 valence electrons. The number of anilines is 1. The molecule has 31 heavy (non-hydrogen) atoms. The van der Waals surface area contributed by atoms with E-state index in [0.29, 0.717) is 15.9 Å². The third kappa shape index (κ3) is 5.37. The molecule has 9 nitrogen and oxygen atoms in total. The second-order valence-corrected chi connectivity index (χ2v) is 7.64. The molecule has 0 spiro atoms. The summed E-state index contributed by atoms with van der Waals surface area (Å²) in [5.74, 6) is -1.65. The number of nitro groups is 1. The SMILES string of the molecule is COCCn1c(SCC(=O)Nc2ccc(F)c([N+](=O)[O-])c2)nc2cc(Cl)ccc2c1=O. The molecule has 0 aliphatic heterocycles. The summed E-state index contributed by atoms with van der Waals surface area (Å²) in [6, 6.07) is 7.78. The number of nitrogens with zero attached hydrogens (tertiary/aromatic N) is 3. The van der Waals surface area contributed by atoms with Gasteiger partial charge in [-0.2, -0.15) is 4.39 Å². The van der Waals surface area contributed by atoms with E-state index in [1.54, 1.807) is 18.2 Å². The molecular weight excluding hydrogens is 451 g/mol. The van der Waals surface area contributed by atoms with Crippen molar-refractivity contribution in [2.75, 3.05) is 24.8 Å². The molecule has 0 radical (unpaired) electrons. The van der Waals surface area contributed by atoms with Crippen molar-refractivity contribution in [3.05, 3.63) is 67.7 Å². The smallest absolute Gasteiger partial charge is 0.306 e. The number of hydrogen-bond donors (Lipinski definition) is 1. The summed E-state index contributed by atoms with van der Waals surface area (Å²) < 4.78 is 19.9. The van der Waals surface area contributed by atoms with Gasteiger partial charge in [-0.25, -0.2) is 4.98 Å². The molecule has 3 aromatic rings. The quantitative estimate of drug-likeness (QED) is 0.234. The number of hydrogen-bond acceptors (Lipinski definition) is 7. The van der Waals surface area contributed by atoms with Crippen LogP contribution >= 0.6 is 23.4 Å². The topological polar surface area (TPSA) is 116 Å². The number of ether oxygens (including phenoxy) is 1. The average Bonchev–Trinajstić information content (AvgIpc) is 2.72. The zero-order chi connectivity index (χ0) is 22.5. The normalized spacial score (nSPS) is 10.9. The fourth-order valence-electron chi connectivity index (χ4n) is 2.72. The molecule has 1 amide bonds. The Labute approximate surface area is 184 Å². The van der Waals surface area contributed by atoms with E-state index in [1.807, 2.05) is 0 Å². The van der Waals surface area contributed by atoms with Gasteiger partial charge in [-0.05, 0) is 30.3 Å². The van der Waals surface area contributed by atoms with Crippen LogP contribution in [0.2, 0.25) is 5.02 Å². The summed E-state index contributed by atoms with van der Waals surface area (Å²) >= 11 is 7.00. The van der Waals surface area contributed by atoms with Gasteiger partial charge in [0.05, 0.1) is 34.7 Å². The highest BCUT2D eigenvalue weighted by molar-refractivity contribution is 7.99. The Morgan fingerprint density at radius 2 is 2.13 bits per heavy atom. The Kier molecular flexibility index (Phi) is 7.21. The van der Waals surface area contributed by atoms with Gasteiger partial charge in [0.15, 0.2) is 5.16 Å². The lowest BCUT2D eigenvalue weighted by Crippen LogP contribution is -2.26. The van der Waals surface area contributed by atoms with Crippen molar-refractivity contribution in [3.8, 4) is 0 Å². The fourth-order valence-corrected chi connectivity index (χ4v) is 3.71. The van der Waals surface area contributed by atoms with Gasteiger partial charge in [0.2, 0.25) is 11.7 Å². The maximum absolute atomic E-state index is 13.4. The van der Waals surface area contributed by atoms with E-state index >= 15 is 0 Å². The lowest BCUT2D eigenvalue weighted by molar-refractivity contribution is -0.387. The van der Waals surface area contributed by atoms with Crippen LogP contribution in [0.15, 0.2) is 46.3 Å². The molecule has 0 saturated heterocycles. The minimum Gasteiger partial charge on any atom is -0.383 e. The summed E-state index contributed by atoms with van der Waals surface area (Å²) in [7, 11) is 1.50. The van der Waals surface area contributed by atoms with Crippen molar-refractivity contribution >= 4 is 51.5 Å². The van der Waals surface area contributed by atoms with E-state index in [1.165, 1.54) is 17.7 Å². The molecule has 0 aliphatic rings. The monoisotopic (exact) mass is 466 g/mol. The number of nitro benzene ring substituents is 1. The molecule has 12 heteroatoms. The molecule has 0 bridgehead atoms. The standard InChI is InChI=1S/C19H16ClFN4O5S/c1-30-7-6-24-18(27)13-4-2-11(20)8-15(13)23-19(24)31-10-17(26)22-12-3-5-14(21)16(9-12)25(28)29/h2-5,8-9H,6-7,10H2,1H3,(H,22,26). The van der Waals surface area contributed by atoms with Gasteiger partial charge >= 0.3 is 5.69 Å². The second-order valence-electron chi connectivity index (χ2n) is 6.27. The first-order valence-electron chi connectivity index (χ1n) is 8.85. The first-order chi connectivity index (χ1) is 14.8. The van der Waals surface area contributed by atoms with Crippen LogP contribution < -0.4 is 10.9 Å². The van der Waals surface area contributed by atoms with E-state index in [0.717, 1.165) is 23.9 Å². The predicted molar refractivity (Wildman–Crippen MR) is 115 cm³/mol. The maximum Gasteiger partial charge on any atom is 0.306 e. The Morgan fingerprint density at radius 3 is 2.84 bits per heavy atom. The van der Waals surface area contributed by atoms with E-state index in [-0.39, 0.29) is 35.3 Å². The number of rotatable bonds is 8. The van der Waals surface area contributed by atoms with Crippen molar-refractivity contribution in [2.45, 2.75) is 11.7 Å². The number of carbonyl (C=O) groups excluding carboxylic acids is 1. The number of nitrogens with one attached hydrogen (secondary N) is 1. The van der Waals surface area contributed by atoms with Gasteiger partial charge in [-0.1, -0.05) is 23.4 Å². The lowest BCUT2D eigenvalue weighted by Gasteiger charge is -2.13. The maximum atomic E-state index is 13.4. The second kappa shape index (κ2) is 9.86. The molecule has 0 saturated carbocycles. The number of thioether (sulfide) groups is 1. The van der Waals surface area contributed by atoms with Gasteiger partial charge in [0.1, 0.15) is 0 Å². The highest BCUT2D eigenvalue weighted by atomic mass is 35.5. The molecule has 0 aliphatic carbocycles. The van der Waals surface area contributed by atoms with E-state index in [2.05, 4.69) is 10.3 Å². The number of amides is 1. The van der Waals surface area contributed by atoms with Crippen LogP contribution in [0.4, 0.5) is 15.8 Å². The Bertz CT molecular complexity index is 1220. The third-order valence-corrected chi connectivity index (χ3v) is 5.37. The molecule has 0 unspecified atom stereocenters. The van der Waals surface area contributed by atoms with Crippen molar-refractivity contribution < 1.29 is 18.8 Å². The van der Waals surface area contributed by atoms with Gasteiger partial charge in [0, 0.05) is 23.9 Å². The molecule has 1 aromatic heterocycles. The van der Waals surface area contributed by atoms with Crippen LogP contribution in [0.1, 0.15) is 0 Å². The minimum absolute atomic E-state index is 0.0775. The molecular formula is C19H16ClFN4O5S. The zero-order valence-corrected chi connectivity index (χ0v) is 17.7. The highest BCUT2D eigenvalue weighted by Gasteiger charge is 2.17. The number of fused-ring (bicyclic) bond motifs is 1. The number of carbonyl (C=O) groups is 1. The molecule has 1 heterocycles. The first-order valence-corrected chi connectivity index (χ1v) is 10.2. The predicted octanol–water partition coefficient (Wildman–Crippen LogP) is 3.47. The van der Waals surface area contributed by atoms with E-state index in [4.69, 9.17) is 16.3 Å². The molecule has 0 atom stereocenters. The van der Waals surface area contributed by atoms with Crippen molar-refractivity contribution in [1.82, 2.24) is 9.55 Å². The fraction of sp³-hybridized carbons (Fsp3) is 0.211. The third-order valence-electron chi connectivity index (χ3n) is 4.16. The van der Waals surface area contributed by atoms with Crippen LogP contribution in [0.3, 0.4) is 0 Å². The number of methoxy groups -OCH3 is 1. The number of halogens is 2. The molecule has 3 rings (SSSR count). The van der Waals surface area contributed by atoms with Gasteiger partial charge < -0.3 is 10.1 Å². The van der Waals surface area contributed by atoms with Crippen molar-refractivity contribution in [1.29, 1.82) is 0 Å². The van der Waals surface area contributed by atoms with Crippen LogP contribution in [0.25, 0.3) is 10.9 Å². The van der Waals surface area contributed by atoms with Crippen LogP contribution in [0, 0.1) is 15.9 Å². The number of benzene rings is 2. The summed E-state index contributed by atoms with van der Waals surface area (Å²) in [5, 5.41) is 14.4. The average molecular weight is 467 g/mol. The van der Waals surface area contributed by atoms with Crippen molar-refractivity contribution in [2.24, 2.45) is 0 Å². The van der Waals surface area contributed by atoms with Gasteiger partial charge in [0.25, 0.3) is 5.56 Å². The summed E-state index contributed by atoms with van der Waals surface area (Å²) in [6.07, 6.45) is 0. The largest absolute Gasteiger partial charge is 0.383 e. The first kappa shape index (κ1) is 22.7. The minimum atomic E-state index is -1.00. The highest BCUT2D eigenvalue weighted by Crippen LogP contribution is 2.23. The molecule has 2 aromatic carbocycles. The Morgan fingerprint density at radius 1 is 1.35 bits per heavy atom. The van der Waals surface area contributed by atoms with Gasteiger partial charge in [-0.3, -0.25) is 24.3 Å².